The second kappa shape index (κ2) is 8.91. The third kappa shape index (κ3) is 4.21. The molecule has 3 heterocycles. The number of nitro benzene ring substituents is 1. The van der Waals surface area contributed by atoms with Gasteiger partial charge >= 0.3 is 5.97 Å². The van der Waals surface area contributed by atoms with Gasteiger partial charge in [0.2, 0.25) is 0 Å². The summed E-state index contributed by atoms with van der Waals surface area (Å²) < 4.78 is 13.0. The van der Waals surface area contributed by atoms with Crippen LogP contribution in [0.2, 0.25) is 0 Å². The minimum atomic E-state index is -0.926. The predicted octanol–water partition coefficient (Wildman–Crippen LogP) is 3.37. The molecule has 0 saturated carbocycles. The summed E-state index contributed by atoms with van der Waals surface area (Å²) in [6, 6.07) is 7.15. The molecule has 0 aliphatic carbocycles. The van der Waals surface area contributed by atoms with E-state index in [1.54, 1.807) is 51.1 Å². The van der Waals surface area contributed by atoms with E-state index in [0.717, 1.165) is 11.3 Å². The molecule has 0 N–H and O–H groups in total. The Morgan fingerprint density at radius 2 is 2.12 bits per heavy atom. The molecule has 0 bridgehead atoms. The second-order valence-electron chi connectivity index (χ2n) is 7.25. The van der Waals surface area contributed by atoms with E-state index in [9.17, 15) is 19.7 Å². The van der Waals surface area contributed by atoms with Gasteiger partial charge in [0, 0.05) is 17.7 Å². The van der Waals surface area contributed by atoms with Crippen molar-refractivity contribution in [2.45, 2.75) is 26.8 Å². The lowest BCUT2D eigenvalue weighted by Gasteiger charge is -2.24. The number of ether oxygens (including phenoxy) is 1. The Hall–Kier alpha value is -3.31. The molecule has 0 fully saturated rings. The molecule has 0 spiro atoms. The van der Waals surface area contributed by atoms with Crippen LogP contribution in [0.25, 0.3) is 6.08 Å². The van der Waals surface area contributed by atoms with Crippen LogP contribution in [0.15, 0.2) is 60.5 Å². The number of nitro groups is 1. The average molecular weight is 532 g/mol. The fourth-order valence-corrected chi connectivity index (χ4v) is 4.98. The number of thiazole rings is 1. The molecule has 2 aromatic heterocycles. The van der Waals surface area contributed by atoms with Crippen LogP contribution >= 0.6 is 27.3 Å². The first kappa shape index (κ1) is 22.9. The number of hydrogen-bond donors (Lipinski definition) is 0. The molecule has 3 aromatic rings. The number of carbonyl (C=O) groups excluding carboxylic acids is 1. The zero-order chi connectivity index (χ0) is 23.9. The Morgan fingerprint density at radius 1 is 1.36 bits per heavy atom. The Labute approximate surface area is 199 Å². The van der Waals surface area contributed by atoms with Crippen molar-refractivity contribution in [2.24, 2.45) is 4.99 Å². The number of furan rings is 1. The summed E-state index contributed by atoms with van der Waals surface area (Å²) in [6.07, 6.45) is 1.59. The third-order valence-electron chi connectivity index (χ3n) is 5.13. The molecule has 4 rings (SSSR count). The van der Waals surface area contributed by atoms with Crippen LogP contribution in [0, 0.1) is 17.0 Å². The highest BCUT2D eigenvalue weighted by molar-refractivity contribution is 9.10. The van der Waals surface area contributed by atoms with E-state index in [-0.39, 0.29) is 17.9 Å². The molecule has 0 radical (unpaired) electrons. The second-order valence-corrected chi connectivity index (χ2v) is 9.04. The van der Waals surface area contributed by atoms with Gasteiger partial charge in [-0.25, -0.2) is 9.79 Å². The number of esters is 1. The quantitative estimate of drug-likeness (QED) is 0.283. The largest absolute Gasteiger partial charge is 0.463 e. The molecule has 1 aromatic carbocycles. The predicted molar refractivity (Wildman–Crippen MR) is 125 cm³/mol. The normalized spacial score (nSPS) is 15.9. The van der Waals surface area contributed by atoms with E-state index in [4.69, 9.17) is 9.15 Å². The average Bonchev–Trinajstić information content (AvgIpc) is 3.30. The Morgan fingerprint density at radius 3 is 2.76 bits per heavy atom. The van der Waals surface area contributed by atoms with Gasteiger partial charge < -0.3 is 9.15 Å². The van der Waals surface area contributed by atoms with Crippen molar-refractivity contribution in [3.63, 3.8) is 0 Å². The first-order valence-corrected chi connectivity index (χ1v) is 11.5. The van der Waals surface area contributed by atoms with Crippen LogP contribution in [0.3, 0.4) is 0 Å². The number of allylic oxidation sites excluding steroid dienone is 1. The number of rotatable bonds is 5. The monoisotopic (exact) mass is 531 g/mol. The van der Waals surface area contributed by atoms with Gasteiger partial charge in [-0.1, -0.05) is 23.5 Å². The molecule has 170 valence electrons. The molecule has 1 atom stereocenters. The van der Waals surface area contributed by atoms with Crippen molar-refractivity contribution in [3.05, 3.63) is 93.0 Å². The van der Waals surface area contributed by atoms with Crippen LogP contribution in [-0.2, 0) is 9.53 Å². The first-order valence-electron chi connectivity index (χ1n) is 9.91. The zero-order valence-corrected chi connectivity index (χ0v) is 20.2. The number of nitrogens with zero attached hydrogens (tertiary/aromatic N) is 3. The number of aromatic nitrogens is 1. The van der Waals surface area contributed by atoms with Crippen molar-refractivity contribution < 1.29 is 18.9 Å². The fraction of sp³-hybridized carbons (Fsp3) is 0.227. The highest BCUT2D eigenvalue weighted by Crippen LogP contribution is 2.33. The van der Waals surface area contributed by atoms with Crippen molar-refractivity contribution in [1.82, 2.24) is 4.57 Å². The van der Waals surface area contributed by atoms with Crippen LogP contribution in [0.4, 0.5) is 5.69 Å². The molecule has 9 nitrogen and oxygen atoms in total. The summed E-state index contributed by atoms with van der Waals surface area (Å²) in [6.45, 7) is 5.09. The number of carbonyl (C=O) groups is 1. The summed E-state index contributed by atoms with van der Waals surface area (Å²) in [7, 11) is 0. The van der Waals surface area contributed by atoms with Crippen LogP contribution in [-0.4, -0.2) is 22.1 Å². The molecule has 0 saturated heterocycles. The van der Waals surface area contributed by atoms with Gasteiger partial charge in [0.1, 0.15) is 5.76 Å². The van der Waals surface area contributed by atoms with Gasteiger partial charge in [-0.3, -0.25) is 19.5 Å². The summed E-state index contributed by atoms with van der Waals surface area (Å²) >= 11 is 4.38. The minimum Gasteiger partial charge on any atom is -0.463 e. The van der Waals surface area contributed by atoms with E-state index in [1.165, 1.54) is 10.6 Å². The topological polar surface area (TPSA) is 117 Å². The lowest BCUT2D eigenvalue weighted by molar-refractivity contribution is -0.385. The van der Waals surface area contributed by atoms with Crippen LogP contribution < -0.4 is 14.9 Å². The molecular formula is C22H18BrN3O6S. The van der Waals surface area contributed by atoms with Gasteiger partial charge in [0.25, 0.3) is 11.2 Å². The molecule has 1 aliphatic rings. The van der Waals surface area contributed by atoms with Crippen molar-refractivity contribution >= 4 is 45.0 Å². The lowest BCUT2D eigenvalue weighted by Crippen LogP contribution is -2.40. The molecular weight excluding hydrogens is 514 g/mol. The molecule has 0 amide bonds. The highest BCUT2D eigenvalue weighted by Gasteiger charge is 2.34. The Bertz CT molecular complexity index is 1500. The lowest BCUT2D eigenvalue weighted by atomic mass is 9.94. The Balaban J connectivity index is 1.99. The van der Waals surface area contributed by atoms with Crippen molar-refractivity contribution in [3.8, 4) is 0 Å². The maximum absolute atomic E-state index is 13.4. The summed E-state index contributed by atoms with van der Waals surface area (Å²) in [4.78, 5) is 42.3. The number of halogens is 1. The van der Waals surface area contributed by atoms with Crippen LogP contribution in [0.1, 0.15) is 36.8 Å². The van der Waals surface area contributed by atoms with Crippen molar-refractivity contribution in [2.75, 3.05) is 6.61 Å². The number of fused-ring (bicyclic) bond motifs is 1. The van der Waals surface area contributed by atoms with Gasteiger partial charge in [-0.05, 0) is 54.4 Å². The SMILES string of the molecule is CCOC(=O)C1=C(C)N=c2s/c(=C/c3ccc(Br)o3)c(=O)n2[C@@H]1c1ccc(C)c([N+](=O)[O-])c1. The number of hydrogen-bond acceptors (Lipinski definition) is 8. The molecule has 11 heteroatoms. The molecule has 1 aliphatic heterocycles. The van der Waals surface area contributed by atoms with Gasteiger partial charge in [-0.15, -0.1) is 0 Å². The van der Waals surface area contributed by atoms with E-state index in [1.807, 2.05) is 0 Å². The van der Waals surface area contributed by atoms with Gasteiger partial charge in [-0.2, -0.15) is 0 Å². The van der Waals surface area contributed by atoms with Crippen LogP contribution in [0.5, 0.6) is 0 Å². The number of aryl methyl sites for hydroxylation is 1. The maximum atomic E-state index is 13.4. The summed E-state index contributed by atoms with van der Waals surface area (Å²) in [5, 5.41) is 11.6. The van der Waals surface area contributed by atoms with E-state index in [0.29, 0.717) is 36.6 Å². The van der Waals surface area contributed by atoms with Gasteiger partial charge in [0.15, 0.2) is 9.47 Å². The van der Waals surface area contributed by atoms with Gasteiger partial charge in [0.05, 0.1) is 33.4 Å². The first-order chi connectivity index (χ1) is 15.7. The van der Waals surface area contributed by atoms with E-state index < -0.39 is 22.5 Å². The van der Waals surface area contributed by atoms with Crippen molar-refractivity contribution in [1.29, 1.82) is 0 Å². The Kier molecular flexibility index (Phi) is 6.17. The summed E-state index contributed by atoms with van der Waals surface area (Å²) in [5.74, 6) is -0.160. The van der Waals surface area contributed by atoms with E-state index >= 15 is 0 Å². The number of benzene rings is 1. The molecule has 33 heavy (non-hydrogen) atoms. The summed E-state index contributed by atoms with van der Waals surface area (Å²) in [5.41, 5.74) is 0.933. The maximum Gasteiger partial charge on any atom is 0.338 e. The standard InChI is InChI=1S/C22H18BrN3O6S/c1-4-31-21(28)18-12(3)24-22-25(19(18)13-6-5-11(2)15(9-13)26(29)30)20(27)16(33-22)10-14-7-8-17(23)32-14/h5-10,19H,4H2,1-3H3/b16-10+/t19-/m1/s1. The third-order valence-corrected chi connectivity index (χ3v) is 6.54. The minimum absolute atomic E-state index is 0.104. The smallest absolute Gasteiger partial charge is 0.338 e. The fourth-order valence-electron chi connectivity index (χ4n) is 3.64. The van der Waals surface area contributed by atoms with E-state index in [2.05, 4.69) is 20.9 Å². The highest BCUT2D eigenvalue weighted by atomic mass is 79.9. The molecule has 0 unspecified atom stereocenters. The zero-order valence-electron chi connectivity index (χ0n) is 17.8.